The summed E-state index contributed by atoms with van der Waals surface area (Å²) in [6, 6.07) is 8.98. The molecule has 0 N–H and O–H groups in total. The molecule has 1 unspecified atom stereocenters. The van der Waals surface area contributed by atoms with E-state index in [1.165, 1.54) is 23.3 Å². The first-order chi connectivity index (χ1) is 6.31. The molecule has 1 atom stereocenters. The van der Waals surface area contributed by atoms with Gasteiger partial charge in [0.25, 0.3) is 0 Å². The lowest BCUT2D eigenvalue weighted by Gasteiger charge is -2.10. The van der Waals surface area contributed by atoms with Crippen molar-refractivity contribution in [1.82, 2.24) is 0 Å². The topological polar surface area (TPSA) is 0 Å². The quantitative estimate of drug-likeness (QED) is 0.654. The molecule has 1 aliphatic rings. The first-order valence-corrected chi connectivity index (χ1v) is 6.17. The molecule has 0 aromatic heterocycles. The molecule has 1 heteroatoms. The van der Waals surface area contributed by atoms with Gasteiger partial charge in [0.1, 0.15) is 0 Å². The minimum atomic E-state index is 0.770. The first kappa shape index (κ1) is 9.14. The fourth-order valence-corrected chi connectivity index (χ4v) is 2.26. The molecule has 0 nitrogen and oxygen atoms in total. The molecule has 0 amide bonds. The summed E-state index contributed by atoms with van der Waals surface area (Å²) < 4.78 is 0. The van der Waals surface area contributed by atoms with E-state index in [0.29, 0.717) is 0 Å². The summed E-state index contributed by atoms with van der Waals surface area (Å²) in [6.07, 6.45) is 5.01. The summed E-state index contributed by atoms with van der Waals surface area (Å²) in [5.74, 6) is 1.74. The van der Waals surface area contributed by atoms with Crippen LogP contribution in [0.3, 0.4) is 0 Å². The molecule has 70 valence electrons. The van der Waals surface area contributed by atoms with Gasteiger partial charge in [-0.05, 0) is 48.6 Å². The van der Waals surface area contributed by atoms with Gasteiger partial charge in [-0.2, -0.15) is 0 Å². The second kappa shape index (κ2) is 3.75. The minimum absolute atomic E-state index is 0.770. The highest BCUT2D eigenvalue weighted by molar-refractivity contribution is 7.98. The van der Waals surface area contributed by atoms with Crippen molar-refractivity contribution >= 4 is 11.8 Å². The molecule has 1 saturated carbocycles. The largest absolute Gasteiger partial charge is 0.130 e. The van der Waals surface area contributed by atoms with Gasteiger partial charge in [-0.25, -0.2) is 0 Å². The smallest absolute Gasteiger partial charge is 0.00719 e. The molecule has 1 aromatic rings. The third-order valence-electron chi connectivity index (χ3n) is 2.95. The van der Waals surface area contributed by atoms with Crippen LogP contribution in [-0.2, 0) is 0 Å². The fraction of sp³-hybridized carbons (Fsp3) is 0.500. The van der Waals surface area contributed by atoms with Crippen LogP contribution in [0.2, 0.25) is 0 Å². The van der Waals surface area contributed by atoms with Crippen LogP contribution in [0.4, 0.5) is 0 Å². The predicted octanol–water partition coefficient (Wildman–Crippen LogP) is 3.92. The van der Waals surface area contributed by atoms with Gasteiger partial charge in [-0.15, -0.1) is 11.8 Å². The fourth-order valence-electron chi connectivity index (χ4n) is 1.79. The monoisotopic (exact) mass is 192 g/mol. The number of hydrogen-bond donors (Lipinski definition) is 0. The number of hydrogen-bond acceptors (Lipinski definition) is 1. The maximum Gasteiger partial charge on any atom is 0.00719 e. The van der Waals surface area contributed by atoms with Gasteiger partial charge in [-0.1, -0.05) is 19.1 Å². The van der Waals surface area contributed by atoms with Gasteiger partial charge < -0.3 is 0 Å². The third kappa shape index (κ3) is 2.08. The molecule has 0 spiro atoms. The molecule has 1 aromatic carbocycles. The molecule has 0 aliphatic heterocycles. The summed E-state index contributed by atoms with van der Waals surface area (Å²) in [5, 5.41) is 0. The normalized spacial score (nSPS) is 18.6. The molecular formula is C12H16S. The maximum atomic E-state index is 2.36. The van der Waals surface area contributed by atoms with E-state index in [1.54, 1.807) is 0 Å². The van der Waals surface area contributed by atoms with Crippen LogP contribution in [0.1, 0.15) is 31.2 Å². The van der Waals surface area contributed by atoms with E-state index < -0.39 is 0 Å². The third-order valence-corrected chi connectivity index (χ3v) is 3.67. The van der Waals surface area contributed by atoms with E-state index in [2.05, 4.69) is 37.4 Å². The van der Waals surface area contributed by atoms with Crippen LogP contribution < -0.4 is 0 Å². The van der Waals surface area contributed by atoms with Gasteiger partial charge in [0.2, 0.25) is 0 Å². The van der Waals surface area contributed by atoms with Crippen LogP contribution in [-0.4, -0.2) is 6.26 Å². The average Bonchev–Trinajstić information content (AvgIpc) is 3.00. The lowest BCUT2D eigenvalue weighted by Crippen LogP contribution is -1.95. The molecular weight excluding hydrogens is 176 g/mol. The standard InChI is InChI=1S/C12H16S/c1-9(10-6-7-10)11-4-3-5-12(8-11)13-2/h3-5,8-10H,6-7H2,1-2H3. The summed E-state index contributed by atoms with van der Waals surface area (Å²) in [4.78, 5) is 1.39. The van der Waals surface area contributed by atoms with Crippen molar-refractivity contribution in [2.75, 3.05) is 6.26 Å². The summed E-state index contributed by atoms with van der Waals surface area (Å²) in [7, 11) is 0. The molecule has 0 saturated heterocycles. The highest BCUT2D eigenvalue weighted by atomic mass is 32.2. The van der Waals surface area contributed by atoms with Crippen molar-refractivity contribution in [3.05, 3.63) is 29.8 Å². The van der Waals surface area contributed by atoms with E-state index in [0.717, 1.165) is 11.8 Å². The Bertz CT molecular complexity index is 289. The maximum absolute atomic E-state index is 2.36. The summed E-state index contributed by atoms with van der Waals surface area (Å²) in [5.41, 5.74) is 1.52. The Balaban J connectivity index is 2.18. The van der Waals surface area contributed by atoms with E-state index in [1.807, 2.05) is 11.8 Å². The van der Waals surface area contributed by atoms with Crippen LogP contribution in [0, 0.1) is 5.92 Å². The molecule has 0 heterocycles. The zero-order valence-electron chi connectivity index (χ0n) is 8.29. The van der Waals surface area contributed by atoms with Gasteiger partial charge in [0, 0.05) is 4.90 Å². The Hall–Kier alpha value is -0.430. The zero-order valence-corrected chi connectivity index (χ0v) is 9.10. The summed E-state index contributed by atoms with van der Waals surface area (Å²) >= 11 is 1.83. The zero-order chi connectivity index (χ0) is 9.26. The summed E-state index contributed by atoms with van der Waals surface area (Å²) in [6.45, 7) is 2.36. The second-order valence-electron chi connectivity index (χ2n) is 3.90. The van der Waals surface area contributed by atoms with Gasteiger partial charge in [0.15, 0.2) is 0 Å². The highest BCUT2D eigenvalue weighted by Gasteiger charge is 2.28. The molecule has 2 rings (SSSR count). The van der Waals surface area contributed by atoms with Crippen molar-refractivity contribution in [3.8, 4) is 0 Å². The van der Waals surface area contributed by atoms with Crippen molar-refractivity contribution in [3.63, 3.8) is 0 Å². The van der Waals surface area contributed by atoms with Gasteiger partial charge in [0.05, 0.1) is 0 Å². The van der Waals surface area contributed by atoms with Crippen molar-refractivity contribution in [2.24, 2.45) is 5.92 Å². The minimum Gasteiger partial charge on any atom is -0.130 e. The van der Waals surface area contributed by atoms with Gasteiger partial charge in [-0.3, -0.25) is 0 Å². The van der Waals surface area contributed by atoms with Crippen molar-refractivity contribution < 1.29 is 0 Å². The Morgan fingerprint density at radius 2 is 2.15 bits per heavy atom. The average molecular weight is 192 g/mol. The van der Waals surface area contributed by atoms with Crippen LogP contribution in [0.5, 0.6) is 0 Å². The van der Waals surface area contributed by atoms with E-state index in [9.17, 15) is 0 Å². The van der Waals surface area contributed by atoms with Crippen LogP contribution >= 0.6 is 11.8 Å². The van der Waals surface area contributed by atoms with Crippen molar-refractivity contribution in [1.29, 1.82) is 0 Å². The van der Waals surface area contributed by atoms with Gasteiger partial charge >= 0.3 is 0 Å². The Morgan fingerprint density at radius 1 is 1.38 bits per heavy atom. The SMILES string of the molecule is CSc1cccc(C(C)C2CC2)c1. The molecule has 13 heavy (non-hydrogen) atoms. The van der Waals surface area contributed by atoms with Crippen LogP contribution in [0.15, 0.2) is 29.2 Å². The van der Waals surface area contributed by atoms with E-state index in [-0.39, 0.29) is 0 Å². The molecule has 0 bridgehead atoms. The first-order valence-electron chi connectivity index (χ1n) is 4.95. The predicted molar refractivity (Wildman–Crippen MR) is 59.4 cm³/mol. The van der Waals surface area contributed by atoms with E-state index in [4.69, 9.17) is 0 Å². The second-order valence-corrected chi connectivity index (χ2v) is 4.78. The molecule has 0 radical (unpaired) electrons. The molecule has 1 fully saturated rings. The van der Waals surface area contributed by atoms with Crippen LogP contribution in [0.25, 0.3) is 0 Å². The van der Waals surface area contributed by atoms with Crippen molar-refractivity contribution in [2.45, 2.75) is 30.6 Å². The number of rotatable bonds is 3. The number of thioether (sulfide) groups is 1. The Kier molecular flexibility index (Phi) is 2.63. The number of benzene rings is 1. The Labute approximate surface area is 84.7 Å². The highest BCUT2D eigenvalue weighted by Crippen LogP contribution is 2.42. The Morgan fingerprint density at radius 3 is 2.77 bits per heavy atom. The lowest BCUT2D eigenvalue weighted by atomic mass is 9.97. The molecule has 1 aliphatic carbocycles. The lowest BCUT2D eigenvalue weighted by molar-refractivity contribution is 0.662. The van der Waals surface area contributed by atoms with E-state index >= 15 is 0 Å².